The number of thioether (sulfide) groups is 1. The molecule has 5 nitrogen and oxygen atoms in total. The van der Waals surface area contributed by atoms with E-state index >= 15 is 0 Å². The molecular weight excluding hydrogens is 357 g/mol. The van der Waals surface area contributed by atoms with Gasteiger partial charge in [-0.25, -0.2) is 4.98 Å². The fourth-order valence-electron chi connectivity index (χ4n) is 2.29. The number of hydrogen-bond donors (Lipinski definition) is 1. The zero-order chi connectivity index (χ0) is 16.6. The molecule has 0 bridgehead atoms. The van der Waals surface area contributed by atoms with Crippen molar-refractivity contribution in [3.05, 3.63) is 50.4 Å². The Morgan fingerprint density at radius 1 is 1.43 bits per heavy atom. The molecule has 1 N–H and O–H groups in total. The van der Waals surface area contributed by atoms with Gasteiger partial charge in [0.1, 0.15) is 0 Å². The summed E-state index contributed by atoms with van der Waals surface area (Å²) in [5, 5.41) is 4.32. The van der Waals surface area contributed by atoms with Gasteiger partial charge in [0.2, 0.25) is 5.91 Å². The molecule has 8 heteroatoms. The Kier molecular flexibility index (Phi) is 4.66. The fourth-order valence-corrected chi connectivity index (χ4v) is 3.79. The van der Waals surface area contributed by atoms with Crippen LogP contribution in [-0.2, 0) is 11.3 Å². The molecule has 23 heavy (non-hydrogen) atoms. The molecule has 1 amide bonds. The quantitative estimate of drug-likeness (QED) is 0.825. The molecule has 1 aromatic heterocycles. The molecule has 0 saturated heterocycles. The average molecular weight is 370 g/mol. The number of aryl methyl sites for hydroxylation is 1. The first-order valence-electron chi connectivity index (χ1n) is 6.91. The maximum atomic E-state index is 12.5. The summed E-state index contributed by atoms with van der Waals surface area (Å²) in [4.78, 5) is 28.9. The lowest BCUT2D eigenvalue weighted by molar-refractivity contribution is -0.119. The zero-order valence-corrected chi connectivity index (χ0v) is 14.5. The minimum Gasteiger partial charge on any atom is -0.324 e. The monoisotopic (exact) mass is 369 g/mol. The smallest absolute Gasteiger partial charge is 0.257 e. The fraction of sp³-hybridized carbons (Fsp3) is 0.267. The molecule has 0 aliphatic carbocycles. The van der Waals surface area contributed by atoms with Gasteiger partial charge in [-0.05, 0) is 25.1 Å². The number of fused-ring (bicyclic) bond motifs is 1. The lowest BCUT2D eigenvalue weighted by Crippen LogP contribution is -2.37. The van der Waals surface area contributed by atoms with Gasteiger partial charge in [0, 0.05) is 29.1 Å². The first-order valence-corrected chi connectivity index (χ1v) is 8.65. The number of amides is 1. The number of benzene rings is 1. The normalized spacial score (nSPS) is 16.7. The van der Waals surface area contributed by atoms with Crippen LogP contribution in [0.1, 0.15) is 5.56 Å². The Bertz CT molecular complexity index is 838. The van der Waals surface area contributed by atoms with Gasteiger partial charge in [-0.1, -0.05) is 35.0 Å². The second-order valence-corrected chi connectivity index (χ2v) is 7.09. The first kappa shape index (κ1) is 16.4. The van der Waals surface area contributed by atoms with Crippen LogP contribution in [-0.4, -0.2) is 21.2 Å². The first-order chi connectivity index (χ1) is 11.0. The van der Waals surface area contributed by atoms with Crippen molar-refractivity contribution in [1.82, 2.24) is 9.55 Å². The molecule has 3 rings (SSSR count). The van der Waals surface area contributed by atoms with E-state index in [1.807, 2.05) is 0 Å². The van der Waals surface area contributed by atoms with Gasteiger partial charge in [0.05, 0.1) is 16.6 Å². The summed E-state index contributed by atoms with van der Waals surface area (Å²) in [5.41, 5.74) is 0.965. The van der Waals surface area contributed by atoms with E-state index in [1.165, 1.54) is 11.8 Å². The van der Waals surface area contributed by atoms with Crippen molar-refractivity contribution in [2.24, 2.45) is 5.92 Å². The predicted octanol–water partition coefficient (Wildman–Crippen LogP) is 3.22. The van der Waals surface area contributed by atoms with Gasteiger partial charge in [-0.3, -0.25) is 14.2 Å². The van der Waals surface area contributed by atoms with Crippen LogP contribution in [0.4, 0.5) is 5.69 Å². The molecule has 1 aliphatic heterocycles. The van der Waals surface area contributed by atoms with E-state index in [4.69, 9.17) is 23.2 Å². The molecule has 0 spiro atoms. The third-order valence-electron chi connectivity index (χ3n) is 3.56. The molecule has 2 heterocycles. The molecule has 0 saturated carbocycles. The van der Waals surface area contributed by atoms with E-state index in [0.29, 0.717) is 38.8 Å². The van der Waals surface area contributed by atoms with Gasteiger partial charge in [0.15, 0.2) is 5.16 Å². The Morgan fingerprint density at radius 3 is 2.96 bits per heavy atom. The number of nitrogens with zero attached hydrogens (tertiary/aromatic N) is 2. The Labute approximate surface area is 147 Å². The Balaban J connectivity index is 1.79. The average Bonchev–Trinajstić information content (AvgIpc) is 2.53. The standard InChI is InChI=1S/C15H13Cl2N3O2S/c1-8-5-18-15-20(14(8)22)6-9(7-23-15)13(21)19-12-3-2-10(16)4-11(12)17/h2-5,9H,6-7H2,1H3,(H,19,21). The molecule has 0 radical (unpaired) electrons. The third kappa shape index (κ3) is 3.39. The van der Waals surface area contributed by atoms with E-state index in [2.05, 4.69) is 10.3 Å². The summed E-state index contributed by atoms with van der Waals surface area (Å²) in [6.07, 6.45) is 1.56. The van der Waals surface area contributed by atoms with Crippen molar-refractivity contribution in [3.8, 4) is 0 Å². The number of anilines is 1. The minimum atomic E-state index is -0.333. The maximum absolute atomic E-state index is 12.5. The van der Waals surface area contributed by atoms with E-state index in [9.17, 15) is 9.59 Å². The lowest BCUT2D eigenvalue weighted by Gasteiger charge is -2.24. The minimum absolute atomic E-state index is 0.107. The highest BCUT2D eigenvalue weighted by Crippen LogP contribution is 2.28. The van der Waals surface area contributed by atoms with Crippen LogP contribution in [0.5, 0.6) is 0 Å². The van der Waals surface area contributed by atoms with Crippen LogP contribution in [0.3, 0.4) is 0 Å². The van der Waals surface area contributed by atoms with Crippen molar-refractivity contribution < 1.29 is 4.79 Å². The Morgan fingerprint density at radius 2 is 2.22 bits per heavy atom. The van der Waals surface area contributed by atoms with Gasteiger partial charge < -0.3 is 5.32 Å². The molecule has 0 fully saturated rings. The van der Waals surface area contributed by atoms with Crippen LogP contribution >= 0.6 is 35.0 Å². The van der Waals surface area contributed by atoms with Crippen LogP contribution in [0.15, 0.2) is 34.3 Å². The molecule has 120 valence electrons. The second kappa shape index (κ2) is 6.55. The van der Waals surface area contributed by atoms with Crippen molar-refractivity contribution in [2.75, 3.05) is 11.1 Å². The molecule has 1 unspecified atom stereocenters. The number of aromatic nitrogens is 2. The summed E-state index contributed by atoms with van der Waals surface area (Å²) in [6, 6.07) is 4.89. The highest BCUT2D eigenvalue weighted by Gasteiger charge is 2.27. The number of nitrogens with one attached hydrogen (secondary N) is 1. The highest BCUT2D eigenvalue weighted by atomic mass is 35.5. The number of rotatable bonds is 2. The highest BCUT2D eigenvalue weighted by molar-refractivity contribution is 7.99. The summed E-state index contributed by atoms with van der Waals surface area (Å²) in [6.45, 7) is 2.03. The maximum Gasteiger partial charge on any atom is 0.257 e. The summed E-state index contributed by atoms with van der Waals surface area (Å²) < 4.78 is 1.55. The van der Waals surface area contributed by atoms with Gasteiger partial charge in [-0.2, -0.15) is 0 Å². The van der Waals surface area contributed by atoms with Crippen LogP contribution < -0.4 is 10.9 Å². The number of halogens is 2. The molecule has 1 atom stereocenters. The molecular formula is C15H13Cl2N3O2S. The molecule has 2 aromatic rings. The van der Waals surface area contributed by atoms with Gasteiger partial charge in [-0.15, -0.1) is 0 Å². The van der Waals surface area contributed by atoms with Crippen molar-refractivity contribution in [3.63, 3.8) is 0 Å². The number of hydrogen-bond acceptors (Lipinski definition) is 4. The van der Waals surface area contributed by atoms with E-state index in [0.717, 1.165) is 0 Å². The SMILES string of the molecule is Cc1cnc2n(c1=O)CC(C(=O)Nc1ccc(Cl)cc1Cl)CS2. The van der Waals surface area contributed by atoms with E-state index in [-0.39, 0.29) is 17.4 Å². The second-order valence-electron chi connectivity index (χ2n) is 5.26. The van der Waals surface area contributed by atoms with Gasteiger partial charge >= 0.3 is 0 Å². The van der Waals surface area contributed by atoms with Crippen molar-refractivity contribution in [1.29, 1.82) is 0 Å². The van der Waals surface area contributed by atoms with E-state index in [1.54, 1.807) is 35.9 Å². The molecule has 1 aliphatic rings. The van der Waals surface area contributed by atoms with Crippen molar-refractivity contribution >= 4 is 46.6 Å². The summed E-state index contributed by atoms with van der Waals surface area (Å²) in [7, 11) is 0. The lowest BCUT2D eigenvalue weighted by atomic mass is 10.1. The van der Waals surface area contributed by atoms with Crippen molar-refractivity contribution in [2.45, 2.75) is 18.6 Å². The Hall–Kier alpha value is -1.50. The zero-order valence-electron chi connectivity index (χ0n) is 12.2. The predicted molar refractivity (Wildman–Crippen MR) is 92.5 cm³/mol. The van der Waals surface area contributed by atoms with Gasteiger partial charge in [0.25, 0.3) is 5.56 Å². The van der Waals surface area contributed by atoms with Crippen LogP contribution in [0, 0.1) is 12.8 Å². The summed E-state index contributed by atoms with van der Waals surface area (Å²) >= 11 is 13.3. The largest absolute Gasteiger partial charge is 0.324 e. The number of carbonyl (C=O) groups excluding carboxylic acids is 1. The topological polar surface area (TPSA) is 64.0 Å². The van der Waals surface area contributed by atoms with Crippen LogP contribution in [0.2, 0.25) is 10.0 Å². The van der Waals surface area contributed by atoms with Crippen LogP contribution in [0.25, 0.3) is 0 Å². The number of carbonyl (C=O) groups is 1. The molecule has 1 aromatic carbocycles. The summed E-state index contributed by atoms with van der Waals surface area (Å²) in [5.74, 6) is 0.0494. The third-order valence-corrected chi connectivity index (χ3v) is 5.26. The van der Waals surface area contributed by atoms with E-state index < -0.39 is 0 Å².